The SMILES string of the molecule is O=C(O)c1ccc(C(F)(F)CF)cn1. The third-order valence-corrected chi connectivity index (χ3v) is 1.57. The van der Waals surface area contributed by atoms with E-state index in [9.17, 15) is 18.0 Å². The van der Waals surface area contributed by atoms with Gasteiger partial charge in [0.1, 0.15) is 5.69 Å². The van der Waals surface area contributed by atoms with E-state index in [0.29, 0.717) is 6.20 Å². The van der Waals surface area contributed by atoms with E-state index in [-0.39, 0.29) is 5.69 Å². The molecule has 1 aromatic heterocycles. The molecule has 0 aliphatic carbocycles. The number of nitrogens with zero attached hydrogens (tertiary/aromatic N) is 1. The zero-order chi connectivity index (χ0) is 10.8. The molecule has 0 radical (unpaired) electrons. The van der Waals surface area contributed by atoms with Crippen LogP contribution in [0.3, 0.4) is 0 Å². The van der Waals surface area contributed by atoms with E-state index >= 15 is 0 Å². The maximum atomic E-state index is 12.7. The lowest BCUT2D eigenvalue weighted by atomic mass is 10.1. The Morgan fingerprint density at radius 2 is 2.14 bits per heavy atom. The van der Waals surface area contributed by atoms with Crippen molar-refractivity contribution in [3.8, 4) is 0 Å². The van der Waals surface area contributed by atoms with Gasteiger partial charge in [-0.25, -0.2) is 14.2 Å². The van der Waals surface area contributed by atoms with Crippen molar-refractivity contribution in [3.63, 3.8) is 0 Å². The fraction of sp³-hybridized carbons (Fsp3) is 0.250. The van der Waals surface area contributed by atoms with Gasteiger partial charge in [-0.1, -0.05) is 0 Å². The number of alkyl halides is 3. The number of hydrogen-bond donors (Lipinski definition) is 1. The molecule has 0 fully saturated rings. The first-order valence-corrected chi connectivity index (χ1v) is 3.61. The third kappa shape index (κ3) is 2.01. The molecule has 0 amide bonds. The minimum absolute atomic E-state index is 0.358. The monoisotopic (exact) mass is 205 g/mol. The molecule has 1 N–H and O–H groups in total. The molecule has 76 valence electrons. The molecule has 0 unspecified atom stereocenters. The predicted molar refractivity (Wildman–Crippen MR) is 41.1 cm³/mol. The lowest BCUT2D eigenvalue weighted by Gasteiger charge is -2.11. The minimum atomic E-state index is -3.61. The Morgan fingerprint density at radius 1 is 1.50 bits per heavy atom. The Kier molecular flexibility index (Phi) is 2.73. The maximum Gasteiger partial charge on any atom is 0.354 e. The summed E-state index contributed by atoms with van der Waals surface area (Å²) in [6.07, 6.45) is 0.656. The van der Waals surface area contributed by atoms with Crippen molar-refractivity contribution in [3.05, 3.63) is 29.6 Å². The van der Waals surface area contributed by atoms with Crippen molar-refractivity contribution in [2.24, 2.45) is 0 Å². The molecule has 0 aliphatic heterocycles. The quantitative estimate of drug-likeness (QED) is 0.819. The van der Waals surface area contributed by atoms with Crippen LogP contribution in [0.5, 0.6) is 0 Å². The van der Waals surface area contributed by atoms with Crippen LogP contribution in [0.1, 0.15) is 16.1 Å². The number of carbonyl (C=O) groups is 1. The number of carboxylic acid groups (broad SMARTS) is 1. The molecule has 3 nitrogen and oxygen atoms in total. The van der Waals surface area contributed by atoms with Crippen LogP contribution in [0.4, 0.5) is 13.2 Å². The molecule has 1 aromatic rings. The Labute approximate surface area is 77.2 Å². The van der Waals surface area contributed by atoms with E-state index in [1.54, 1.807) is 0 Å². The second-order valence-electron chi connectivity index (χ2n) is 2.58. The molecule has 0 aliphatic rings. The molecular formula is C8H6F3NO2. The van der Waals surface area contributed by atoms with Gasteiger partial charge in [-0.3, -0.25) is 0 Å². The summed E-state index contributed by atoms with van der Waals surface area (Å²) in [7, 11) is 0. The molecule has 0 atom stereocenters. The number of aromatic carboxylic acids is 1. The van der Waals surface area contributed by atoms with E-state index in [1.807, 2.05) is 0 Å². The van der Waals surface area contributed by atoms with Gasteiger partial charge in [-0.2, -0.15) is 8.78 Å². The molecular weight excluding hydrogens is 199 g/mol. The third-order valence-electron chi connectivity index (χ3n) is 1.57. The van der Waals surface area contributed by atoms with Gasteiger partial charge in [0, 0.05) is 11.8 Å². The Morgan fingerprint density at radius 3 is 2.50 bits per heavy atom. The molecule has 0 bridgehead atoms. The second-order valence-corrected chi connectivity index (χ2v) is 2.58. The van der Waals surface area contributed by atoms with Crippen LogP contribution in [0.15, 0.2) is 18.3 Å². The summed E-state index contributed by atoms with van der Waals surface area (Å²) in [6.45, 7) is -1.83. The van der Waals surface area contributed by atoms with E-state index in [2.05, 4.69) is 4.98 Å². The average Bonchev–Trinajstić information content (AvgIpc) is 2.18. The standard InChI is InChI=1S/C8H6F3NO2/c9-4-8(10,11)5-1-2-6(7(13)14)12-3-5/h1-3H,4H2,(H,13,14). The van der Waals surface area contributed by atoms with Gasteiger partial charge in [0.25, 0.3) is 0 Å². The van der Waals surface area contributed by atoms with Crippen molar-refractivity contribution >= 4 is 5.97 Å². The van der Waals surface area contributed by atoms with Crippen LogP contribution in [-0.4, -0.2) is 22.7 Å². The molecule has 14 heavy (non-hydrogen) atoms. The topological polar surface area (TPSA) is 50.2 Å². The van der Waals surface area contributed by atoms with Crippen LogP contribution in [-0.2, 0) is 5.92 Å². The number of carboxylic acids is 1. The van der Waals surface area contributed by atoms with Crippen LogP contribution < -0.4 is 0 Å². The van der Waals surface area contributed by atoms with E-state index < -0.39 is 24.1 Å². The van der Waals surface area contributed by atoms with Crippen molar-refractivity contribution in [2.45, 2.75) is 5.92 Å². The van der Waals surface area contributed by atoms with Gasteiger partial charge < -0.3 is 5.11 Å². The van der Waals surface area contributed by atoms with Crippen LogP contribution in [0.2, 0.25) is 0 Å². The minimum Gasteiger partial charge on any atom is -0.477 e. The highest BCUT2D eigenvalue weighted by atomic mass is 19.3. The Bertz CT molecular complexity index is 337. The largest absolute Gasteiger partial charge is 0.477 e. The van der Waals surface area contributed by atoms with Gasteiger partial charge in [-0.05, 0) is 12.1 Å². The summed E-state index contributed by atoms with van der Waals surface area (Å²) < 4.78 is 37.1. The maximum absolute atomic E-state index is 12.7. The molecule has 0 saturated heterocycles. The fourth-order valence-corrected chi connectivity index (χ4v) is 0.814. The number of halogens is 3. The smallest absolute Gasteiger partial charge is 0.354 e. The van der Waals surface area contributed by atoms with Gasteiger partial charge in [0.05, 0.1) is 0 Å². The van der Waals surface area contributed by atoms with Crippen molar-refractivity contribution < 1.29 is 23.1 Å². The first kappa shape index (κ1) is 10.5. The summed E-state index contributed by atoms with van der Waals surface area (Å²) in [6, 6.07) is 1.75. The highest BCUT2D eigenvalue weighted by molar-refractivity contribution is 5.85. The molecule has 6 heteroatoms. The zero-order valence-corrected chi connectivity index (χ0v) is 6.88. The van der Waals surface area contributed by atoms with Gasteiger partial charge in [0.15, 0.2) is 6.67 Å². The van der Waals surface area contributed by atoms with E-state index in [4.69, 9.17) is 5.11 Å². The molecule has 0 aromatic carbocycles. The van der Waals surface area contributed by atoms with E-state index in [0.717, 1.165) is 12.1 Å². The van der Waals surface area contributed by atoms with Crippen molar-refractivity contribution in [2.75, 3.05) is 6.67 Å². The van der Waals surface area contributed by atoms with E-state index in [1.165, 1.54) is 0 Å². The summed E-state index contributed by atoms with van der Waals surface area (Å²) in [5.74, 6) is -4.93. The Balaban J connectivity index is 2.99. The highest BCUT2D eigenvalue weighted by Crippen LogP contribution is 2.27. The molecule has 0 spiro atoms. The number of rotatable bonds is 3. The molecule has 0 saturated carbocycles. The van der Waals surface area contributed by atoms with Gasteiger partial charge in [0.2, 0.25) is 0 Å². The summed E-state index contributed by atoms with van der Waals surface area (Å²) >= 11 is 0. The number of pyridine rings is 1. The lowest BCUT2D eigenvalue weighted by Crippen LogP contribution is -2.16. The zero-order valence-electron chi connectivity index (χ0n) is 6.88. The first-order chi connectivity index (χ1) is 6.47. The fourth-order valence-electron chi connectivity index (χ4n) is 0.814. The van der Waals surface area contributed by atoms with Crippen LogP contribution in [0, 0.1) is 0 Å². The highest BCUT2D eigenvalue weighted by Gasteiger charge is 2.31. The van der Waals surface area contributed by atoms with Crippen molar-refractivity contribution in [1.82, 2.24) is 4.98 Å². The summed E-state index contributed by atoms with van der Waals surface area (Å²) in [5, 5.41) is 8.41. The van der Waals surface area contributed by atoms with Crippen LogP contribution >= 0.6 is 0 Å². The van der Waals surface area contributed by atoms with Crippen molar-refractivity contribution in [1.29, 1.82) is 0 Å². The Hall–Kier alpha value is -1.59. The average molecular weight is 205 g/mol. The molecule has 1 rings (SSSR count). The lowest BCUT2D eigenvalue weighted by molar-refractivity contribution is -0.0284. The summed E-state index contributed by atoms with van der Waals surface area (Å²) in [5.41, 5.74) is -0.992. The number of aromatic nitrogens is 1. The first-order valence-electron chi connectivity index (χ1n) is 3.61. The number of hydrogen-bond acceptors (Lipinski definition) is 2. The normalized spacial score (nSPS) is 11.4. The van der Waals surface area contributed by atoms with Crippen LogP contribution in [0.25, 0.3) is 0 Å². The van der Waals surface area contributed by atoms with Gasteiger partial charge >= 0.3 is 11.9 Å². The summed E-state index contributed by atoms with van der Waals surface area (Å²) in [4.78, 5) is 13.6. The van der Waals surface area contributed by atoms with Gasteiger partial charge in [-0.15, -0.1) is 0 Å². The predicted octanol–water partition coefficient (Wildman–Crippen LogP) is 1.84. The molecule has 1 heterocycles. The second kappa shape index (κ2) is 3.65.